The predicted octanol–water partition coefficient (Wildman–Crippen LogP) is 3.55. The summed E-state index contributed by atoms with van der Waals surface area (Å²) in [6, 6.07) is 13.4. The molecule has 0 aliphatic carbocycles. The van der Waals surface area contributed by atoms with Crippen molar-refractivity contribution in [2.24, 2.45) is 0 Å². The van der Waals surface area contributed by atoms with Crippen LogP contribution in [0.4, 0.5) is 8.78 Å². The highest BCUT2D eigenvalue weighted by Crippen LogP contribution is 2.26. The van der Waals surface area contributed by atoms with Crippen LogP contribution in [-0.2, 0) is 4.74 Å². The van der Waals surface area contributed by atoms with Crippen LogP contribution in [0.1, 0.15) is 18.1 Å². The van der Waals surface area contributed by atoms with Gasteiger partial charge in [0.1, 0.15) is 6.61 Å². The molecule has 0 bridgehead atoms. The minimum absolute atomic E-state index is 0.120. The molecule has 0 saturated heterocycles. The Balaban J connectivity index is 2.03. The first-order valence-electron chi connectivity index (χ1n) is 6.20. The molecular weight excluding hydrogens is 250 g/mol. The molecule has 1 N–H and O–H groups in total. The van der Waals surface area contributed by atoms with Gasteiger partial charge < -0.3 is 9.84 Å². The van der Waals surface area contributed by atoms with Gasteiger partial charge in [-0.05, 0) is 16.3 Å². The van der Waals surface area contributed by atoms with Gasteiger partial charge in [0.25, 0.3) is 6.43 Å². The van der Waals surface area contributed by atoms with Gasteiger partial charge >= 0.3 is 0 Å². The van der Waals surface area contributed by atoms with Crippen molar-refractivity contribution in [3.8, 4) is 0 Å². The summed E-state index contributed by atoms with van der Waals surface area (Å²) in [5, 5.41) is 12.1. The molecule has 0 aromatic heterocycles. The van der Waals surface area contributed by atoms with Crippen LogP contribution in [0, 0.1) is 0 Å². The molecule has 0 aliphatic rings. The summed E-state index contributed by atoms with van der Waals surface area (Å²) in [6.07, 6.45) is -2.86. The molecule has 2 nitrogen and oxygen atoms in total. The van der Waals surface area contributed by atoms with Crippen molar-refractivity contribution in [1.82, 2.24) is 0 Å². The van der Waals surface area contributed by atoms with E-state index in [2.05, 4.69) is 0 Å². The molecule has 0 radical (unpaired) electrons. The van der Waals surface area contributed by atoms with Crippen molar-refractivity contribution in [2.45, 2.75) is 19.0 Å². The Bertz CT molecular complexity index is 523. The van der Waals surface area contributed by atoms with Gasteiger partial charge in [0.15, 0.2) is 0 Å². The summed E-state index contributed by atoms with van der Waals surface area (Å²) in [6.45, 7) is -0.461. The fourth-order valence-electron chi connectivity index (χ4n) is 2.06. The molecule has 0 fully saturated rings. The van der Waals surface area contributed by atoms with Crippen molar-refractivity contribution in [2.75, 3.05) is 13.2 Å². The van der Waals surface area contributed by atoms with E-state index in [4.69, 9.17) is 4.74 Å². The number of alkyl halides is 2. The van der Waals surface area contributed by atoms with Gasteiger partial charge in [-0.2, -0.15) is 0 Å². The zero-order chi connectivity index (χ0) is 13.7. The van der Waals surface area contributed by atoms with Gasteiger partial charge in [-0.15, -0.1) is 0 Å². The zero-order valence-electron chi connectivity index (χ0n) is 10.4. The van der Waals surface area contributed by atoms with Crippen molar-refractivity contribution in [3.05, 3.63) is 48.0 Å². The fraction of sp³-hybridized carbons (Fsp3) is 0.333. The Morgan fingerprint density at radius 2 is 1.79 bits per heavy atom. The van der Waals surface area contributed by atoms with Gasteiger partial charge in [0, 0.05) is 13.0 Å². The first-order chi connectivity index (χ1) is 9.18. The summed E-state index contributed by atoms with van der Waals surface area (Å²) in [7, 11) is 0. The topological polar surface area (TPSA) is 29.5 Å². The summed E-state index contributed by atoms with van der Waals surface area (Å²) < 4.78 is 28.6. The normalized spacial score (nSPS) is 13.1. The molecule has 2 rings (SSSR count). The van der Waals surface area contributed by atoms with Crippen LogP contribution in [0.25, 0.3) is 10.8 Å². The van der Waals surface area contributed by atoms with Crippen LogP contribution < -0.4 is 0 Å². The third-order valence-corrected chi connectivity index (χ3v) is 2.96. The Morgan fingerprint density at radius 1 is 1.05 bits per heavy atom. The van der Waals surface area contributed by atoms with E-state index in [-0.39, 0.29) is 6.61 Å². The van der Waals surface area contributed by atoms with E-state index in [0.717, 1.165) is 16.3 Å². The molecular formula is C15H16F2O2. The Morgan fingerprint density at radius 3 is 2.58 bits per heavy atom. The van der Waals surface area contributed by atoms with E-state index in [9.17, 15) is 13.9 Å². The number of rotatable bonds is 6. The summed E-state index contributed by atoms with van der Waals surface area (Å²) in [4.78, 5) is 0. The molecule has 1 unspecified atom stereocenters. The molecule has 1 atom stereocenters. The zero-order valence-corrected chi connectivity index (χ0v) is 10.4. The lowest BCUT2D eigenvalue weighted by Gasteiger charge is -2.14. The first kappa shape index (κ1) is 13.9. The van der Waals surface area contributed by atoms with Crippen molar-refractivity contribution >= 4 is 10.8 Å². The van der Waals surface area contributed by atoms with Crippen LogP contribution in [0.15, 0.2) is 42.5 Å². The highest BCUT2D eigenvalue weighted by molar-refractivity contribution is 5.85. The molecule has 4 heteroatoms. The van der Waals surface area contributed by atoms with Crippen LogP contribution >= 0.6 is 0 Å². The maximum absolute atomic E-state index is 11.9. The molecule has 102 valence electrons. The quantitative estimate of drug-likeness (QED) is 0.810. The van der Waals surface area contributed by atoms with Crippen LogP contribution in [0.5, 0.6) is 0 Å². The maximum Gasteiger partial charge on any atom is 0.261 e. The molecule has 2 aromatic carbocycles. The largest absolute Gasteiger partial charge is 0.388 e. The lowest BCUT2D eigenvalue weighted by molar-refractivity contribution is 0.00495. The predicted molar refractivity (Wildman–Crippen MR) is 70.3 cm³/mol. The molecule has 0 aliphatic heterocycles. The molecule has 0 heterocycles. The number of aliphatic hydroxyl groups is 1. The average Bonchev–Trinajstić information content (AvgIpc) is 2.42. The average molecular weight is 266 g/mol. The highest BCUT2D eigenvalue weighted by Gasteiger charge is 2.11. The maximum atomic E-state index is 11.9. The third kappa shape index (κ3) is 3.72. The summed E-state index contributed by atoms with van der Waals surface area (Å²) >= 11 is 0. The van der Waals surface area contributed by atoms with Gasteiger partial charge in [-0.3, -0.25) is 0 Å². The Kier molecular flexibility index (Phi) is 4.82. The van der Waals surface area contributed by atoms with E-state index < -0.39 is 19.1 Å². The van der Waals surface area contributed by atoms with Gasteiger partial charge in [0.05, 0.1) is 6.10 Å². The van der Waals surface area contributed by atoms with Gasteiger partial charge in [-0.25, -0.2) is 8.78 Å². The van der Waals surface area contributed by atoms with E-state index in [1.807, 2.05) is 42.5 Å². The third-order valence-electron chi connectivity index (χ3n) is 2.96. The van der Waals surface area contributed by atoms with E-state index in [1.165, 1.54) is 0 Å². The Hall–Kier alpha value is -1.52. The SMILES string of the molecule is OC(CCOCC(F)F)c1cccc2ccccc12. The fourth-order valence-corrected chi connectivity index (χ4v) is 2.06. The van der Waals surface area contributed by atoms with Crippen molar-refractivity contribution < 1.29 is 18.6 Å². The highest BCUT2D eigenvalue weighted by atomic mass is 19.3. The second-order valence-corrected chi connectivity index (χ2v) is 4.34. The van der Waals surface area contributed by atoms with E-state index >= 15 is 0 Å². The molecule has 0 spiro atoms. The van der Waals surface area contributed by atoms with Gasteiger partial charge in [0.2, 0.25) is 0 Å². The monoisotopic (exact) mass is 266 g/mol. The standard InChI is InChI=1S/C15H16F2O2/c16-15(17)10-19-9-8-14(18)13-7-3-5-11-4-1-2-6-12(11)13/h1-7,14-15,18H,8-10H2. The summed E-state index contributed by atoms with van der Waals surface area (Å²) in [5.41, 5.74) is 0.804. The van der Waals surface area contributed by atoms with Crippen LogP contribution in [0.2, 0.25) is 0 Å². The van der Waals surface area contributed by atoms with Crippen molar-refractivity contribution in [1.29, 1.82) is 0 Å². The Labute approximate surface area is 110 Å². The van der Waals surface area contributed by atoms with Crippen LogP contribution in [0.3, 0.4) is 0 Å². The summed E-state index contributed by atoms with van der Waals surface area (Å²) in [5.74, 6) is 0. The number of benzene rings is 2. The second-order valence-electron chi connectivity index (χ2n) is 4.34. The van der Waals surface area contributed by atoms with E-state index in [0.29, 0.717) is 6.42 Å². The van der Waals surface area contributed by atoms with E-state index in [1.54, 1.807) is 0 Å². The van der Waals surface area contributed by atoms with Gasteiger partial charge in [-0.1, -0.05) is 42.5 Å². The van der Waals surface area contributed by atoms with Crippen LogP contribution in [-0.4, -0.2) is 24.7 Å². The number of ether oxygens (including phenoxy) is 1. The lowest BCUT2D eigenvalue weighted by atomic mass is 9.99. The number of halogens is 2. The minimum atomic E-state index is -2.46. The second kappa shape index (κ2) is 6.59. The molecule has 2 aromatic rings. The molecule has 0 saturated carbocycles. The lowest BCUT2D eigenvalue weighted by Crippen LogP contribution is -2.08. The number of fused-ring (bicyclic) bond motifs is 1. The molecule has 19 heavy (non-hydrogen) atoms. The smallest absolute Gasteiger partial charge is 0.261 e. The number of hydrogen-bond donors (Lipinski definition) is 1. The number of hydrogen-bond acceptors (Lipinski definition) is 2. The first-order valence-corrected chi connectivity index (χ1v) is 6.20. The molecule has 0 amide bonds. The minimum Gasteiger partial charge on any atom is -0.388 e. The number of aliphatic hydroxyl groups excluding tert-OH is 1. The van der Waals surface area contributed by atoms with Crippen molar-refractivity contribution in [3.63, 3.8) is 0 Å².